The Hall–Kier alpha value is -3.44. The van der Waals surface area contributed by atoms with E-state index >= 15 is 0 Å². The third-order valence-corrected chi connectivity index (χ3v) is 6.06. The number of hydrogen-bond donors (Lipinski definition) is 2. The molecule has 0 saturated carbocycles. The number of carbonyl (C=O) groups is 2. The molecule has 1 amide bonds. The predicted molar refractivity (Wildman–Crippen MR) is 156 cm³/mol. The van der Waals surface area contributed by atoms with Gasteiger partial charge in [0.2, 0.25) is 5.95 Å². The molecule has 0 unspecified atom stereocenters. The van der Waals surface area contributed by atoms with Crippen molar-refractivity contribution in [1.82, 2.24) is 14.9 Å². The van der Waals surface area contributed by atoms with Gasteiger partial charge in [-0.25, -0.2) is 14.6 Å². The molecule has 4 aromatic rings. The summed E-state index contributed by atoms with van der Waals surface area (Å²) >= 11 is 7.39. The summed E-state index contributed by atoms with van der Waals surface area (Å²) in [5.41, 5.74) is 1.65. The van der Waals surface area contributed by atoms with Gasteiger partial charge < -0.3 is 24.1 Å². The van der Waals surface area contributed by atoms with E-state index in [1.807, 2.05) is 55.4 Å². The number of carbonyl (C=O) groups excluding carboxylic acids is 2. The molecule has 208 valence electrons. The largest absolute Gasteiger partial charge is 0.482 e. The first-order chi connectivity index (χ1) is 18.3. The summed E-state index contributed by atoms with van der Waals surface area (Å²) in [6.07, 6.45) is -0.548. The molecule has 12 heteroatoms. The second-order valence-electron chi connectivity index (χ2n) is 8.06. The summed E-state index contributed by atoms with van der Waals surface area (Å²) in [5.74, 6) is 0.597. The molecule has 0 saturated heterocycles. The molecular weight excluding hydrogens is 563 g/mol. The zero-order valence-electron chi connectivity index (χ0n) is 21.7. The number of rotatable bonds is 9. The van der Waals surface area contributed by atoms with Gasteiger partial charge in [0.25, 0.3) is 0 Å². The molecule has 0 aliphatic carbocycles. The zero-order chi connectivity index (χ0) is 27.3. The fourth-order valence-electron chi connectivity index (χ4n) is 2.94. The number of methoxy groups -OCH3 is 1. The maximum atomic E-state index is 11.3. The van der Waals surface area contributed by atoms with Crippen molar-refractivity contribution in [3.63, 3.8) is 0 Å². The van der Waals surface area contributed by atoms with Gasteiger partial charge >= 0.3 is 12.1 Å². The lowest BCUT2D eigenvalue weighted by atomic mass is 10.3. The van der Waals surface area contributed by atoms with Crippen LogP contribution in [-0.2, 0) is 14.3 Å². The highest BCUT2D eigenvalue weighted by molar-refractivity contribution is 7.99. The molecule has 0 aliphatic heterocycles. The molecule has 0 spiro atoms. The van der Waals surface area contributed by atoms with Crippen molar-refractivity contribution in [2.24, 2.45) is 0 Å². The number of imidazole rings is 1. The van der Waals surface area contributed by atoms with Gasteiger partial charge in [-0.05, 0) is 68.7 Å². The highest BCUT2D eigenvalue weighted by Crippen LogP contribution is 2.29. The number of ether oxygens (including phenoxy) is 3. The quantitative estimate of drug-likeness (QED) is 0.223. The molecule has 1 heterocycles. The second-order valence-corrected chi connectivity index (χ2v) is 9.65. The van der Waals surface area contributed by atoms with Crippen molar-refractivity contribution in [3.05, 3.63) is 77.8 Å². The first-order valence-corrected chi connectivity index (χ1v) is 12.8. The fourth-order valence-corrected chi connectivity index (χ4v) is 3.94. The van der Waals surface area contributed by atoms with E-state index in [1.165, 1.54) is 12.0 Å². The average molecular weight is 594 g/mol. The molecule has 0 aliphatic rings. The van der Waals surface area contributed by atoms with Crippen LogP contribution in [0.5, 0.6) is 5.75 Å². The van der Waals surface area contributed by atoms with Crippen LogP contribution >= 0.6 is 35.8 Å². The van der Waals surface area contributed by atoms with E-state index < -0.39 is 6.09 Å². The van der Waals surface area contributed by atoms with E-state index in [-0.39, 0.29) is 25.0 Å². The van der Waals surface area contributed by atoms with Crippen molar-refractivity contribution in [1.29, 1.82) is 0 Å². The number of likely N-dealkylation sites (N-methyl/N-ethyl adjacent to an activating group) is 1. The van der Waals surface area contributed by atoms with Crippen molar-refractivity contribution < 1.29 is 23.8 Å². The van der Waals surface area contributed by atoms with Crippen LogP contribution in [0, 0.1) is 0 Å². The minimum Gasteiger partial charge on any atom is -0.482 e. The minimum atomic E-state index is -0.548. The molecule has 2 N–H and O–H groups in total. The average Bonchev–Trinajstić information content (AvgIpc) is 3.30. The van der Waals surface area contributed by atoms with Gasteiger partial charge in [-0.15, -0.1) is 12.4 Å². The number of anilines is 1. The van der Waals surface area contributed by atoms with Gasteiger partial charge in [-0.3, -0.25) is 5.32 Å². The van der Waals surface area contributed by atoms with Crippen LogP contribution in [-0.4, -0.2) is 67.9 Å². The number of nitrogens with zero attached hydrogens (tertiary/aromatic N) is 2. The number of aromatic nitrogens is 2. The van der Waals surface area contributed by atoms with Crippen LogP contribution in [0.2, 0.25) is 5.02 Å². The maximum Gasteiger partial charge on any atom is 0.413 e. The Kier molecular flexibility index (Phi) is 13.4. The van der Waals surface area contributed by atoms with Crippen LogP contribution in [0.4, 0.5) is 10.7 Å². The van der Waals surface area contributed by atoms with Crippen LogP contribution in [0.15, 0.2) is 82.6 Å². The third-order valence-electron chi connectivity index (χ3n) is 4.81. The lowest BCUT2D eigenvalue weighted by Gasteiger charge is -2.10. The normalized spacial score (nSPS) is 10.2. The lowest BCUT2D eigenvalue weighted by molar-refractivity contribution is -0.146. The maximum absolute atomic E-state index is 11.3. The van der Waals surface area contributed by atoms with Crippen LogP contribution < -0.4 is 10.1 Å². The van der Waals surface area contributed by atoms with Gasteiger partial charge in [0, 0.05) is 21.4 Å². The predicted octanol–water partition coefficient (Wildman–Crippen LogP) is 6.14. The number of aromatic amines is 1. The van der Waals surface area contributed by atoms with E-state index in [0.29, 0.717) is 29.9 Å². The molecule has 0 fully saturated rings. The minimum absolute atomic E-state index is 0. The first-order valence-electron chi connectivity index (χ1n) is 11.6. The number of amides is 1. The van der Waals surface area contributed by atoms with Gasteiger partial charge in [-0.2, -0.15) is 0 Å². The molecule has 3 aromatic carbocycles. The number of fused-ring (bicyclic) bond motifs is 1. The van der Waals surface area contributed by atoms with Crippen molar-refractivity contribution >= 4 is 64.8 Å². The summed E-state index contributed by atoms with van der Waals surface area (Å²) < 4.78 is 14.7. The molecule has 1 aromatic heterocycles. The van der Waals surface area contributed by atoms with Crippen LogP contribution in [0.3, 0.4) is 0 Å². The van der Waals surface area contributed by atoms with E-state index in [0.717, 1.165) is 15.9 Å². The zero-order valence-corrected chi connectivity index (χ0v) is 24.1. The number of halogens is 2. The lowest BCUT2D eigenvalue weighted by Crippen LogP contribution is -2.22. The standard InChI is InChI=1S/C15H13N3O2S.C12H16ClNO3.ClH/c1-20-15(19)18-14-16-12-8-7-11(9-13(12)17-14)21-10-5-3-2-4-6-10;1-14(2)7-8-16-12(15)9-17-11-5-3-10(13)4-6-11;/h2-9H,1H3,(H2,16,17,18,19);3-6H,7-9H2,1-2H3;1H. The van der Waals surface area contributed by atoms with Gasteiger partial charge in [-0.1, -0.05) is 41.6 Å². The van der Waals surface area contributed by atoms with Crippen LogP contribution in [0.25, 0.3) is 11.0 Å². The van der Waals surface area contributed by atoms with Crippen LogP contribution in [0.1, 0.15) is 0 Å². The van der Waals surface area contributed by atoms with E-state index in [1.54, 1.807) is 36.0 Å². The molecule has 0 radical (unpaired) electrons. The number of H-pyrrole nitrogens is 1. The summed E-state index contributed by atoms with van der Waals surface area (Å²) in [6.45, 7) is 0.984. The second kappa shape index (κ2) is 16.5. The SMILES string of the molecule is CN(C)CCOC(=O)COc1ccc(Cl)cc1.COC(=O)Nc1nc2ccc(Sc3ccccc3)cc2[nH]1.Cl. The van der Waals surface area contributed by atoms with E-state index in [9.17, 15) is 9.59 Å². The fraction of sp³-hybridized carbons (Fsp3) is 0.222. The van der Waals surface area contributed by atoms with Crippen molar-refractivity contribution in [2.75, 3.05) is 46.3 Å². The summed E-state index contributed by atoms with van der Waals surface area (Å²) in [4.78, 5) is 34.0. The van der Waals surface area contributed by atoms with E-state index in [2.05, 4.69) is 32.2 Å². The summed E-state index contributed by atoms with van der Waals surface area (Å²) in [6, 6.07) is 22.9. The molecule has 4 rings (SSSR count). The summed E-state index contributed by atoms with van der Waals surface area (Å²) in [5, 5.41) is 3.15. The third kappa shape index (κ3) is 11.5. The topological polar surface area (TPSA) is 106 Å². The van der Waals surface area contributed by atoms with Crippen molar-refractivity contribution in [2.45, 2.75) is 9.79 Å². The van der Waals surface area contributed by atoms with Gasteiger partial charge in [0.15, 0.2) is 6.61 Å². The Morgan fingerprint density at radius 1 is 1.03 bits per heavy atom. The number of benzene rings is 3. The monoisotopic (exact) mass is 592 g/mol. The van der Waals surface area contributed by atoms with Gasteiger partial charge in [0.05, 0.1) is 18.1 Å². The Morgan fingerprint density at radius 2 is 1.74 bits per heavy atom. The Balaban J connectivity index is 0.000000273. The number of hydrogen-bond acceptors (Lipinski definition) is 8. The molecule has 39 heavy (non-hydrogen) atoms. The molecule has 0 atom stereocenters. The Labute approximate surface area is 242 Å². The number of esters is 1. The first kappa shape index (κ1) is 31.8. The smallest absolute Gasteiger partial charge is 0.413 e. The molecule has 0 bridgehead atoms. The van der Waals surface area contributed by atoms with Gasteiger partial charge in [0.1, 0.15) is 12.4 Å². The molecule has 9 nitrogen and oxygen atoms in total. The van der Waals surface area contributed by atoms with Crippen molar-refractivity contribution in [3.8, 4) is 5.75 Å². The highest BCUT2D eigenvalue weighted by atomic mass is 35.5. The van der Waals surface area contributed by atoms with E-state index in [4.69, 9.17) is 21.1 Å². The number of nitrogens with one attached hydrogen (secondary N) is 2. The Morgan fingerprint density at radius 3 is 2.41 bits per heavy atom. The summed E-state index contributed by atoms with van der Waals surface area (Å²) in [7, 11) is 5.14. The molecular formula is C27H30Cl2N4O5S. The highest BCUT2D eigenvalue weighted by Gasteiger charge is 2.08. The Bertz CT molecular complexity index is 1320.